The highest BCUT2D eigenvalue weighted by Gasteiger charge is 2.19. The minimum atomic E-state index is -0.182. The molecule has 0 aromatic carbocycles. The highest BCUT2D eigenvalue weighted by molar-refractivity contribution is 5.72. The number of hydrogen-bond acceptors (Lipinski definition) is 2. The van der Waals surface area contributed by atoms with Gasteiger partial charge in [-0.15, -0.1) is 0 Å². The molecule has 0 amide bonds. The molecule has 1 aliphatic heterocycles. The number of nitrogens with zero attached hydrogens (tertiary/aromatic N) is 4. The van der Waals surface area contributed by atoms with Crippen molar-refractivity contribution in [2.75, 3.05) is 13.2 Å². The summed E-state index contributed by atoms with van der Waals surface area (Å²) in [7, 11) is 0. The van der Waals surface area contributed by atoms with Gasteiger partial charge in [-0.1, -0.05) is 24.2 Å². The fourth-order valence-electron chi connectivity index (χ4n) is 2.68. The summed E-state index contributed by atoms with van der Waals surface area (Å²) in [5.41, 5.74) is 13.3. The zero-order chi connectivity index (χ0) is 13.9. The van der Waals surface area contributed by atoms with Crippen LogP contribution in [0, 0.1) is 0 Å². The molecule has 3 rings (SSSR count). The summed E-state index contributed by atoms with van der Waals surface area (Å²) in [6.07, 6.45) is 5.05. The molecule has 20 heavy (non-hydrogen) atoms. The summed E-state index contributed by atoms with van der Waals surface area (Å²) in [5, 5.41) is 3.85. The third-order valence-corrected chi connectivity index (χ3v) is 3.65. The normalized spacial score (nSPS) is 16.6. The minimum absolute atomic E-state index is 0.182. The highest BCUT2D eigenvalue weighted by Crippen LogP contribution is 2.33. The van der Waals surface area contributed by atoms with Gasteiger partial charge in [0.05, 0.1) is 24.9 Å². The van der Waals surface area contributed by atoms with Crippen molar-refractivity contribution in [1.29, 1.82) is 0 Å². The monoisotopic (exact) mass is 268 g/mol. The van der Waals surface area contributed by atoms with Crippen LogP contribution in [0.3, 0.4) is 0 Å². The number of hydrogen-bond donors (Lipinski definition) is 0. The van der Waals surface area contributed by atoms with Crippen LogP contribution >= 0.6 is 0 Å². The Kier molecular flexibility index (Phi) is 3.46. The Morgan fingerprint density at radius 3 is 3.10 bits per heavy atom. The summed E-state index contributed by atoms with van der Waals surface area (Å²) in [5.74, 6) is 0. The molecule has 5 heteroatoms. The first-order valence-corrected chi connectivity index (χ1v) is 6.72. The summed E-state index contributed by atoms with van der Waals surface area (Å²) in [6, 6.07) is 8.01. The van der Waals surface area contributed by atoms with Crippen molar-refractivity contribution in [2.24, 2.45) is 5.11 Å². The van der Waals surface area contributed by atoms with Crippen LogP contribution in [-0.4, -0.2) is 17.6 Å². The molecule has 1 aliphatic rings. The highest BCUT2D eigenvalue weighted by atomic mass is 16.5. The second kappa shape index (κ2) is 5.41. The minimum Gasteiger partial charge on any atom is -0.377 e. The van der Waals surface area contributed by atoms with Gasteiger partial charge in [-0.05, 0) is 41.3 Å². The average Bonchev–Trinajstić information content (AvgIpc) is 2.88. The lowest BCUT2D eigenvalue weighted by molar-refractivity contribution is 0.161. The van der Waals surface area contributed by atoms with E-state index >= 15 is 0 Å². The molecule has 0 saturated carbocycles. The molecule has 1 unspecified atom stereocenters. The van der Waals surface area contributed by atoms with Crippen LogP contribution in [0.2, 0.25) is 0 Å². The molecule has 0 spiro atoms. The summed E-state index contributed by atoms with van der Waals surface area (Å²) in [4.78, 5) is 2.94. The van der Waals surface area contributed by atoms with E-state index in [0.717, 1.165) is 29.8 Å². The lowest BCUT2D eigenvalue weighted by atomic mass is 10.0. The number of ether oxygens (including phenoxy) is 1. The molecular weight excluding hydrogens is 252 g/mol. The maximum Gasteiger partial charge on any atom is 0.0654 e. The van der Waals surface area contributed by atoms with Crippen LogP contribution in [0.4, 0.5) is 0 Å². The third-order valence-electron chi connectivity index (χ3n) is 3.65. The molecule has 2 aromatic rings. The molecule has 102 valence electrons. The smallest absolute Gasteiger partial charge is 0.0654 e. The van der Waals surface area contributed by atoms with Gasteiger partial charge in [0, 0.05) is 16.6 Å². The second-order valence-electron chi connectivity index (χ2n) is 4.88. The SMILES string of the molecule is CC(N=[N+]=[N-])c1cc2ccccn2c1C1=CCOCC1. The molecule has 0 N–H and O–H groups in total. The van der Waals surface area contributed by atoms with Gasteiger partial charge in [-0.2, -0.15) is 0 Å². The number of aromatic nitrogens is 1. The molecular formula is C15H16N4O. The van der Waals surface area contributed by atoms with Gasteiger partial charge >= 0.3 is 0 Å². The predicted molar refractivity (Wildman–Crippen MR) is 78.4 cm³/mol. The molecule has 0 radical (unpaired) electrons. The average molecular weight is 268 g/mol. The van der Waals surface area contributed by atoms with E-state index in [1.807, 2.05) is 25.3 Å². The van der Waals surface area contributed by atoms with Crippen LogP contribution in [-0.2, 0) is 4.74 Å². The number of fused-ring (bicyclic) bond motifs is 1. The number of pyridine rings is 1. The van der Waals surface area contributed by atoms with Crippen LogP contribution in [0.5, 0.6) is 0 Å². The van der Waals surface area contributed by atoms with E-state index in [4.69, 9.17) is 10.3 Å². The van der Waals surface area contributed by atoms with Crippen molar-refractivity contribution in [3.8, 4) is 0 Å². The third kappa shape index (κ3) is 2.18. The standard InChI is InChI=1S/C15H16N4O/c1-11(17-18-16)14-10-13-4-2-3-7-19(13)15(14)12-5-8-20-9-6-12/h2-5,7,10-11H,6,8-9H2,1H3. The van der Waals surface area contributed by atoms with E-state index in [1.165, 1.54) is 5.57 Å². The Labute approximate surface area is 117 Å². The Bertz CT molecular complexity index is 710. The van der Waals surface area contributed by atoms with E-state index in [0.29, 0.717) is 6.61 Å². The van der Waals surface area contributed by atoms with E-state index in [-0.39, 0.29) is 6.04 Å². The molecule has 2 aromatic heterocycles. The van der Waals surface area contributed by atoms with E-state index in [9.17, 15) is 0 Å². The summed E-state index contributed by atoms with van der Waals surface area (Å²) < 4.78 is 7.55. The van der Waals surface area contributed by atoms with Gasteiger partial charge in [-0.3, -0.25) is 0 Å². The van der Waals surface area contributed by atoms with Gasteiger partial charge in [0.15, 0.2) is 0 Å². The van der Waals surface area contributed by atoms with Crippen molar-refractivity contribution in [3.63, 3.8) is 0 Å². The second-order valence-corrected chi connectivity index (χ2v) is 4.88. The zero-order valence-corrected chi connectivity index (χ0v) is 11.4. The van der Waals surface area contributed by atoms with Crippen molar-refractivity contribution in [2.45, 2.75) is 19.4 Å². The Morgan fingerprint density at radius 1 is 1.45 bits per heavy atom. The topological polar surface area (TPSA) is 62.4 Å². The number of azide groups is 1. The predicted octanol–water partition coefficient (Wildman–Crippen LogP) is 4.11. The first-order valence-electron chi connectivity index (χ1n) is 6.72. The Balaban J connectivity index is 2.22. The van der Waals surface area contributed by atoms with Crippen molar-refractivity contribution in [1.82, 2.24) is 4.40 Å². The van der Waals surface area contributed by atoms with E-state index in [2.05, 4.69) is 32.6 Å². The van der Waals surface area contributed by atoms with Gasteiger partial charge in [-0.25, -0.2) is 0 Å². The van der Waals surface area contributed by atoms with Crippen molar-refractivity contribution >= 4 is 11.1 Å². The molecule has 0 fully saturated rings. The lowest BCUT2D eigenvalue weighted by Gasteiger charge is -2.17. The first-order chi connectivity index (χ1) is 9.81. The molecule has 1 atom stereocenters. The van der Waals surface area contributed by atoms with E-state index < -0.39 is 0 Å². The summed E-state index contributed by atoms with van der Waals surface area (Å²) >= 11 is 0. The van der Waals surface area contributed by atoms with Gasteiger partial charge in [0.25, 0.3) is 0 Å². The quantitative estimate of drug-likeness (QED) is 0.469. The molecule has 0 bridgehead atoms. The van der Waals surface area contributed by atoms with Gasteiger partial charge in [0.2, 0.25) is 0 Å². The molecule has 5 nitrogen and oxygen atoms in total. The van der Waals surface area contributed by atoms with Crippen LogP contribution in [0.1, 0.15) is 30.6 Å². The van der Waals surface area contributed by atoms with Crippen molar-refractivity contribution < 1.29 is 4.74 Å². The zero-order valence-electron chi connectivity index (χ0n) is 11.4. The molecule has 0 saturated heterocycles. The fourth-order valence-corrected chi connectivity index (χ4v) is 2.68. The number of rotatable bonds is 3. The summed E-state index contributed by atoms with van der Waals surface area (Å²) in [6.45, 7) is 3.31. The van der Waals surface area contributed by atoms with Crippen LogP contribution in [0.25, 0.3) is 21.5 Å². The van der Waals surface area contributed by atoms with Gasteiger partial charge in [0.1, 0.15) is 0 Å². The Morgan fingerprint density at radius 2 is 2.35 bits per heavy atom. The Hall–Kier alpha value is -2.23. The maximum atomic E-state index is 8.69. The first kappa shape index (κ1) is 12.8. The van der Waals surface area contributed by atoms with E-state index in [1.54, 1.807) is 0 Å². The lowest BCUT2D eigenvalue weighted by Crippen LogP contribution is -2.07. The van der Waals surface area contributed by atoms with Crippen LogP contribution in [0.15, 0.2) is 41.7 Å². The van der Waals surface area contributed by atoms with Gasteiger partial charge < -0.3 is 9.14 Å². The maximum absolute atomic E-state index is 8.69. The fraction of sp³-hybridized carbons (Fsp3) is 0.333. The van der Waals surface area contributed by atoms with Crippen LogP contribution < -0.4 is 0 Å². The van der Waals surface area contributed by atoms with Crippen molar-refractivity contribution in [3.05, 3.63) is 58.2 Å². The largest absolute Gasteiger partial charge is 0.377 e. The molecule has 3 heterocycles. The molecule has 0 aliphatic carbocycles.